The average molecular weight is 470 g/mol. The van der Waals surface area contributed by atoms with Crippen LogP contribution >= 0.6 is 11.3 Å². The molecule has 2 aromatic carbocycles. The Morgan fingerprint density at radius 2 is 1.81 bits per heavy atom. The van der Waals surface area contributed by atoms with Gasteiger partial charge in [0.1, 0.15) is 6.04 Å². The molecule has 1 aromatic heterocycles. The Bertz CT molecular complexity index is 1450. The van der Waals surface area contributed by atoms with Gasteiger partial charge in [0.2, 0.25) is 11.8 Å². The number of hydrogen-bond donors (Lipinski definition) is 2. The minimum Gasteiger partial charge on any atom is -0.295 e. The predicted octanol–water partition coefficient (Wildman–Crippen LogP) is 1.50. The quantitative estimate of drug-likeness (QED) is 0.550. The second-order valence-corrected chi connectivity index (χ2v) is 9.86. The maximum absolute atomic E-state index is 12.9. The summed E-state index contributed by atoms with van der Waals surface area (Å²) < 4.78 is 28.8. The van der Waals surface area contributed by atoms with E-state index in [4.69, 9.17) is 0 Å². The number of carbonyl (C=O) groups is 4. The number of imide groups is 2. The number of sulfonamides is 1. The van der Waals surface area contributed by atoms with Crippen molar-refractivity contribution in [2.45, 2.75) is 23.8 Å². The van der Waals surface area contributed by atoms with E-state index < -0.39 is 39.7 Å². The number of nitrogens with one attached hydrogen (secondary N) is 2. The van der Waals surface area contributed by atoms with Gasteiger partial charge in [0.25, 0.3) is 21.8 Å². The Balaban J connectivity index is 1.43. The first-order valence-electron chi connectivity index (χ1n) is 9.46. The minimum absolute atomic E-state index is 0.0129. The van der Waals surface area contributed by atoms with Gasteiger partial charge in [-0.05, 0) is 42.8 Å². The van der Waals surface area contributed by atoms with Crippen molar-refractivity contribution in [3.05, 3.63) is 53.0 Å². The number of thiazole rings is 1. The van der Waals surface area contributed by atoms with E-state index in [0.717, 1.165) is 4.90 Å². The average Bonchev–Trinajstić information content (AvgIpc) is 3.31. The molecule has 32 heavy (non-hydrogen) atoms. The molecule has 3 heterocycles. The first-order chi connectivity index (χ1) is 15.2. The van der Waals surface area contributed by atoms with Gasteiger partial charge in [0.05, 0.1) is 31.7 Å². The number of fused-ring (bicyclic) bond motifs is 2. The molecule has 0 saturated carbocycles. The standard InChI is InChI=1S/C20H14N4O6S2/c25-17-6-5-15(18(26)22-17)24-19(27)12-3-1-10(7-13(12)20(24)28)23-32(29,30)11-2-4-14-16(8-11)31-9-21-14/h1-4,7-9,15,23H,5-6H2,(H,22,25,26). The van der Waals surface area contributed by atoms with E-state index in [0.29, 0.717) is 10.2 Å². The van der Waals surface area contributed by atoms with Crippen LogP contribution in [0.3, 0.4) is 0 Å². The lowest BCUT2D eigenvalue weighted by Gasteiger charge is -2.27. The summed E-state index contributed by atoms with van der Waals surface area (Å²) in [4.78, 5) is 54.1. The zero-order chi connectivity index (χ0) is 22.6. The summed E-state index contributed by atoms with van der Waals surface area (Å²) in [5.74, 6) is -2.55. The van der Waals surface area contributed by atoms with Crippen LogP contribution in [0.5, 0.6) is 0 Å². The Hall–Kier alpha value is -3.64. The SMILES string of the molecule is O=C1CCC(N2C(=O)c3ccc(NS(=O)(=O)c4ccc5ncsc5c4)cc3C2=O)C(=O)N1. The fourth-order valence-corrected chi connectivity index (χ4v) is 5.62. The van der Waals surface area contributed by atoms with Gasteiger partial charge in [-0.15, -0.1) is 11.3 Å². The molecule has 5 rings (SSSR count). The van der Waals surface area contributed by atoms with Crippen LogP contribution in [0, 0.1) is 0 Å². The molecule has 2 aliphatic rings. The second kappa shape index (κ2) is 7.21. The van der Waals surface area contributed by atoms with Crippen LogP contribution in [-0.2, 0) is 19.6 Å². The van der Waals surface area contributed by atoms with E-state index in [-0.39, 0.29) is 34.6 Å². The lowest BCUT2D eigenvalue weighted by Crippen LogP contribution is -2.54. The highest BCUT2D eigenvalue weighted by Crippen LogP contribution is 2.30. The summed E-state index contributed by atoms with van der Waals surface area (Å²) in [6.45, 7) is 0. The molecule has 0 aliphatic carbocycles. The number of anilines is 1. The van der Waals surface area contributed by atoms with E-state index in [9.17, 15) is 27.6 Å². The van der Waals surface area contributed by atoms with E-state index in [1.165, 1.54) is 41.7 Å². The Labute approximate surface area is 185 Å². The smallest absolute Gasteiger partial charge is 0.262 e. The van der Waals surface area contributed by atoms with Crippen LogP contribution in [-0.4, -0.2) is 48.0 Å². The van der Waals surface area contributed by atoms with Crippen LogP contribution in [0.2, 0.25) is 0 Å². The van der Waals surface area contributed by atoms with Gasteiger partial charge in [-0.2, -0.15) is 0 Å². The topological polar surface area (TPSA) is 143 Å². The molecule has 0 bridgehead atoms. The molecule has 0 radical (unpaired) electrons. The maximum Gasteiger partial charge on any atom is 0.262 e. The van der Waals surface area contributed by atoms with Gasteiger partial charge in [0, 0.05) is 12.1 Å². The van der Waals surface area contributed by atoms with Crippen LogP contribution in [0.1, 0.15) is 33.6 Å². The van der Waals surface area contributed by atoms with Crippen molar-refractivity contribution in [1.82, 2.24) is 15.2 Å². The van der Waals surface area contributed by atoms with Crippen LogP contribution < -0.4 is 10.0 Å². The Morgan fingerprint density at radius 3 is 2.59 bits per heavy atom. The summed E-state index contributed by atoms with van der Waals surface area (Å²) in [6, 6.07) is 7.42. The molecule has 1 atom stereocenters. The fourth-order valence-electron chi connectivity index (χ4n) is 3.75. The van der Waals surface area contributed by atoms with E-state index in [1.807, 2.05) is 0 Å². The van der Waals surface area contributed by atoms with Crippen molar-refractivity contribution in [3.63, 3.8) is 0 Å². The zero-order valence-electron chi connectivity index (χ0n) is 16.2. The van der Waals surface area contributed by atoms with Crippen molar-refractivity contribution in [3.8, 4) is 0 Å². The first kappa shape index (κ1) is 20.3. The van der Waals surface area contributed by atoms with Gasteiger partial charge in [-0.3, -0.25) is 34.1 Å². The third kappa shape index (κ3) is 3.24. The number of piperidine rings is 1. The summed E-state index contributed by atoms with van der Waals surface area (Å²) >= 11 is 1.31. The third-order valence-electron chi connectivity index (χ3n) is 5.31. The number of hydrogen-bond acceptors (Lipinski definition) is 8. The second-order valence-electron chi connectivity index (χ2n) is 7.29. The van der Waals surface area contributed by atoms with Crippen molar-refractivity contribution in [2.24, 2.45) is 0 Å². The van der Waals surface area contributed by atoms with Crippen molar-refractivity contribution >= 4 is 60.9 Å². The molecule has 1 saturated heterocycles. The van der Waals surface area contributed by atoms with Gasteiger partial charge in [-0.1, -0.05) is 0 Å². The molecule has 10 nitrogen and oxygen atoms in total. The summed E-state index contributed by atoms with van der Waals surface area (Å²) in [5, 5.41) is 2.13. The van der Waals surface area contributed by atoms with Gasteiger partial charge in [-0.25, -0.2) is 13.4 Å². The van der Waals surface area contributed by atoms with Crippen molar-refractivity contribution in [1.29, 1.82) is 0 Å². The first-order valence-corrected chi connectivity index (χ1v) is 11.8. The number of benzene rings is 2. The molecule has 12 heteroatoms. The number of rotatable bonds is 4. The molecule has 162 valence electrons. The minimum atomic E-state index is -3.96. The van der Waals surface area contributed by atoms with Gasteiger partial charge < -0.3 is 0 Å². The van der Waals surface area contributed by atoms with Crippen LogP contribution in [0.25, 0.3) is 10.2 Å². The fraction of sp³-hybridized carbons (Fsp3) is 0.150. The third-order valence-corrected chi connectivity index (χ3v) is 7.48. The van der Waals surface area contributed by atoms with E-state index >= 15 is 0 Å². The summed E-state index contributed by atoms with van der Waals surface area (Å²) in [5.41, 5.74) is 2.45. The predicted molar refractivity (Wildman–Crippen MR) is 114 cm³/mol. The molecule has 1 fully saturated rings. The summed E-state index contributed by atoms with van der Waals surface area (Å²) in [7, 11) is -3.96. The molecular formula is C20H14N4O6S2. The van der Waals surface area contributed by atoms with Gasteiger partial charge >= 0.3 is 0 Å². The van der Waals surface area contributed by atoms with E-state index in [2.05, 4.69) is 15.0 Å². The molecule has 2 aliphatic heterocycles. The monoisotopic (exact) mass is 470 g/mol. The summed E-state index contributed by atoms with van der Waals surface area (Å²) in [6.07, 6.45) is 0.0502. The highest BCUT2D eigenvalue weighted by Gasteiger charge is 2.44. The lowest BCUT2D eigenvalue weighted by atomic mass is 10.0. The number of nitrogens with zero attached hydrogens (tertiary/aromatic N) is 2. The van der Waals surface area contributed by atoms with Crippen molar-refractivity contribution in [2.75, 3.05) is 4.72 Å². The highest BCUT2D eigenvalue weighted by atomic mass is 32.2. The molecule has 3 aromatic rings. The maximum atomic E-state index is 12.9. The number of aromatic nitrogens is 1. The molecule has 0 spiro atoms. The van der Waals surface area contributed by atoms with Crippen molar-refractivity contribution < 1.29 is 27.6 Å². The lowest BCUT2D eigenvalue weighted by molar-refractivity contribution is -0.136. The Kier molecular flexibility index (Phi) is 4.57. The van der Waals surface area contributed by atoms with Crippen LogP contribution in [0.4, 0.5) is 5.69 Å². The molecular weight excluding hydrogens is 456 g/mol. The zero-order valence-corrected chi connectivity index (χ0v) is 17.8. The molecule has 2 N–H and O–H groups in total. The normalized spacial score (nSPS) is 18.8. The van der Waals surface area contributed by atoms with E-state index in [1.54, 1.807) is 11.6 Å². The highest BCUT2D eigenvalue weighted by molar-refractivity contribution is 7.92. The molecule has 4 amide bonds. The Morgan fingerprint density at radius 1 is 1.03 bits per heavy atom. The number of amides is 4. The number of carbonyl (C=O) groups excluding carboxylic acids is 4. The van der Waals surface area contributed by atoms with Crippen LogP contribution in [0.15, 0.2) is 46.8 Å². The van der Waals surface area contributed by atoms with Gasteiger partial charge in [0.15, 0.2) is 0 Å². The molecule has 1 unspecified atom stereocenters. The largest absolute Gasteiger partial charge is 0.295 e.